The standard InChI is InChI=1S/C16H17NO5S2/c1-21-11-6-10(7-12(9-11)22-2)8-13-15(20)17(16(23)24-13)5-3-4-14(18)19/h6-9H,3-5H2,1-2H3,(H,18,19). The number of amides is 1. The van der Waals surface area contributed by atoms with E-state index in [-0.39, 0.29) is 12.3 Å². The second-order valence-corrected chi connectivity index (χ2v) is 6.65. The topological polar surface area (TPSA) is 76.1 Å². The zero-order valence-electron chi connectivity index (χ0n) is 13.3. The van der Waals surface area contributed by atoms with Crippen LogP contribution in [-0.2, 0) is 9.59 Å². The van der Waals surface area contributed by atoms with Crippen LogP contribution in [0.25, 0.3) is 6.08 Å². The van der Waals surface area contributed by atoms with Crippen LogP contribution < -0.4 is 9.47 Å². The fourth-order valence-corrected chi connectivity index (χ4v) is 3.45. The minimum absolute atomic E-state index is 0.00317. The second kappa shape index (κ2) is 8.16. The van der Waals surface area contributed by atoms with Crippen LogP contribution in [0, 0.1) is 0 Å². The van der Waals surface area contributed by atoms with Gasteiger partial charge >= 0.3 is 5.97 Å². The third-order valence-electron chi connectivity index (χ3n) is 3.32. The van der Waals surface area contributed by atoms with E-state index in [2.05, 4.69) is 0 Å². The molecule has 6 nitrogen and oxygen atoms in total. The molecule has 1 aromatic rings. The predicted octanol–water partition coefficient (Wildman–Crippen LogP) is 2.77. The largest absolute Gasteiger partial charge is 0.497 e. The number of rotatable bonds is 7. The molecule has 0 bridgehead atoms. The summed E-state index contributed by atoms with van der Waals surface area (Å²) < 4.78 is 10.9. The SMILES string of the molecule is COc1cc(C=C2SC(=S)N(CCCC(=O)O)C2=O)cc(OC)c1. The molecule has 8 heteroatoms. The number of hydrogen-bond acceptors (Lipinski definition) is 6. The summed E-state index contributed by atoms with van der Waals surface area (Å²) in [5, 5.41) is 8.69. The molecule has 0 aromatic heterocycles. The Hall–Kier alpha value is -2.06. The number of methoxy groups -OCH3 is 2. The van der Waals surface area contributed by atoms with Crippen LogP contribution >= 0.6 is 24.0 Å². The van der Waals surface area contributed by atoms with Gasteiger partial charge in [-0.3, -0.25) is 14.5 Å². The molecule has 1 N–H and O–H groups in total. The number of thiocarbonyl (C=S) groups is 1. The Morgan fingerprint density at radius 1 is 1.29 bits per heavy atom. The zero-order valence-corrected chi connectivity index (χ0v) is 14.9. The van der Waals surface area contributed by atoms with Gasteiger partial charge in [0.2, 0.25) is 0 Å². The van der Waals surface area contributed by atoms with Crippen LogP contribution in [0.5, 0.6) is 11.5 Å². The molecule has 0 spiro atoms. The third kappa shape index (κ3) is 4.48. The van der Waals surface area contributed by atoms with Crippen molar-refractivity contribution in [3.05, 3.63) is 28.7 Å². The highest BCUT2D eigenvalue weighted by Gasteiger charge is 2.31. The molecule has 1 aliphatic heterocycles. The maximum absolute atomic E-state index is 12.4. The lowest BCUT2D eigenvalue weighted by Crippen LogP contribution is -2.29. The molecule has 1 amide bonds. The van der Waals surface area contributed by atoms with Gasteiger partial charge in [0.1, 0.15) is 15.8 Å². The molecular formula is C16H17NO5S2. The average molecular weight is 367 g/mol. The number of benzene rings is 1. The van der Waals surface area contributed by atoms with E-state index in [0.29, 0.717) is 33.7 Å². The summed E-state index contributed by atoms with van der Waals surface area (Å²) in [5.41, 5.74) is 0.761. The Kier molecular flexibility index (Phi) is 6.22. The molecule has 0 aliphatic carbocycles. The van der Waals surface area contributed by atoms with Crippen LogP contribution in [0.15, 0.2) is 23.1 Å². The number of carbonyl (C=O) groups is 2. The van der Waals surface area contributed by atoms with E-state index < -0.39 is 5.97 Å². The molecule has 0 saturated carbocycles. The Morgan fingerprint density at radius 2 is 1.92 bits per heavy atom. The van der Waals surface area contributed by atoms with Gasteiger partial charge in [-0.25, -0.2) is 0 Å². The monoisotopic (exact) mass is 367 g/mol. The average Bonchev–Trinajstić information content (AvgIpc) is 2.81. The van der Waals surface area contributed by atoms with Gasteiger partial charge in [-0.05, 0) is 30.2 Å². The molecule has 2 rings (SSSR count). The molecule has 1 aromatic carbocycles. The number of carboxylic acids is 1. The Bertz CT molecular complexity index is 679. The highest BCUT2D eigenvalue weighted by Crippen LogP contribution is 2.34. The smallest absolute Gasteiger partial charge is 0.303 e. The van der Waals surface area contributed by atoms with Crippen molar-refractivity contribution in [2.45, 2.75) is 12.8 Å². The van der Waals surface area contributed by atoms with Crippen LogP contribution in [0.2, 0.25) is 0 Å². The summed E-state index contributed by atoms with van der Waals surface area (Å²) in [4.78, 5) is 25.0. The molecule has 0 unspecified atom stereocenters. The molecule has 1 saturated heterocycles. The predicted molar refractivity (Wildman–Crippen MR) is 96.3 cm³/mol. The van der Waals surface area contributed by atoms with Crippen molar-refractivity contribution < 1.29 is 24.2 Å². The molecule has 24 heavy (non-hydrogen) atoms. The minimum atomic E-state index is -0.889. The maximum Gasteiger partial charge on any atom is 0.303 e. The fraction of sp³-hybridized carbons (Fsp3) is 0.312. The highest BCUT2D eigenvalue weighted by molar-refractivity contribution is 8.26. The first kappa shape index (κ1) is 18.3. The van der Waals surface area contributed by atoms with E-state index in [1.807, 2.05) is 0 Å². The maximum atomic E-state index is 12.4. The Balaban J connectivity index is 2.17. The molecule has 0 radical (unpaired) electrons. The number of aliphatic carboxylic acids is 1. The molecular weight excluding hydrogens is 350 g/mol. The van der Waals surface area contributed by atoms with Gasteiger partial charge in [0, 0.05) is 19.0 Å². The van der Waals surface area contributed by atoms with Crippen molar-refractivity contribution in [3.63, 3.8) is 0 Å². The van der Waals surface area contributed by atoms with Crippen LogP contribution in [0.3, 0.4) is 0 Å². The van der Waals surface area contributed by atoms with Gasteiger partial charge in [0.15, 0.2) is 0 Å². The van der Waals surface area contributed by atoms with Crippen molar-refractivity contribution >= 4 is 46.3 Å². The van der Waals surface area contributed by atoms with Crippen molar-refractivity contribution in [3.8, 4) is 11.5 Å². The third-order valence-corrected chi connectivity index (χ3v) is 4.70. The van der Waals surface area contributed by atoms with Gasteiger partial charge in [-0.15, -0.1) is 0 Å². The molecule has 128 valence electrons. The zero-order chi connectivity index (χ0) is 17.7. The number of hydrogen-bond donors (Lipinski definition) is 1. The van der Waals surface area contributed by atoms with E-state index in [1.165, 1.54) is 16.7 Å². The van der Waals surface area contributed by atoms with Gasteiger partial charge in [0.25, 0.3) is 5.91 Å². The first-order chi connectivity index (χ1) is 11.4. The fourth-order valence-electron chi connectivity index (χ4n) is 2.15. The molecule has 1 aliphatic rings. The number of carboxylic acid groups (broad SMARTS) is 1. The summed E-state index contributed by atoms with van der Waals surface area (Å²) in [6.07, 6.45) is 2.09. The van der Waals surface area contributed by atoms with Crippen molar-refractivity contribution in [1.29, 1.82) is 0 Å². The van der Waals surface area contributed by atoms with E-state index in [4.69, 9.17) is 26.8 Å². The summed E-state index contributed by atoms with van der Waals surface area (Å²) in [6.45, 7) is 0.301. The lowest BCUT2D eigenvalue weighted by molar-refractivity contribution is -0.137. The van der Waals surface area contributed by atoms with Gasteiger partial charge in [-0.2, -0.15) is 0 Å². The lowest BCUT2D eigenvalue weighted by atomic mass is 10.2. The van der Waals surface area contributed by atoms with Gasteiger partial charge < -0.3 is 14.6 Å². The quantitative estimate of drug-likeness (QED) is 0.586. The minimum Gasteiger partial charge on any atom is -0.497 e. The number of nitrogens with zero attached hydrogens (tertiary/aromatic N) is 1. The van der Waals surface area contributed by atoms with Crippen LogP contribution in [0.4, 0.5) is 0 Å². The van der Waals surface area contributed by atoms with Crippen LogP contribution in [-0.4, -0.2) is 47.0 Å². The molecule has 1 heterocycles. The van der Waals surface area contributed by atoms with E-state index in [0.717, 1.165) is 5.56 Å². The van der Waals surface area contributed by atoms with E-state index in [1.54, 1.807) is 38.5 Å². The lowest BCUT2D eigenvalue weighted by Gasteiger charge is -2.13. The first-order valence-electron chi connectivity index (χ1n) is 7.15. The summed E-state index contributed by atoms with van der Waals surface area (Å²) in [6, 6.07) is 5.33. The second-order valence-electron chi connectivity index (χ2n) is 4.98. The first-order valence-corrected chi connectivity index (χ1v) is 8.37. The highest BCUT2D eigenvalue weighted by atomic mass is 32.2. The van der Waals surface area contributed by atoms with Crippen molar-refractivity contribution in [2.24, 2.45) is 0 Å². The summed E-state index contributed by atoms with van der Waals surface area (Å²) in [7, 11) is 3.11. The Morgan fingerprint density at radius 3 is 2.46 bits per heavy atom. The molecule has 0 atom stereocenters. The number of thioether (sulfide) groups is 1. The summed E-state index contributed by atoms with van der Waals surface area (Å²) >= 11 is 6.42. The van der Waals surface area contributed by atoms with Crippen LogP contribution in [0.1, 0.15) is 18.4 Å². The van der Waals surface area contributed by atoms with Gasteiger partial charge in [-0.1, -0.05) is 24.0 Å². The summed E-state index contributed by atoms with van der Waals surface area (Å²) in [5.74, 6) is 0.145. The van der Waals surface area contributed by atoms with E-state index in [9.17, 15) is 9.59 Å². The number of ether oxygens (including phenoxy) is 2. The normalized spacial score (nSPS) is 15.9. The van der Waals surface area contributed by atoms with Gasteiger partial charge in [0.05, 0.1) is 19.1 Å². The van der Waals surface area contributed by atoms with Crippen molar-refractivity contribution in [1.82, 2.24) is 4.90 Å². The van der Waals surface area contributed by atoms with Crippen molar-refractivity contribution in [2.75, 3.05) is 20.8 Å². The number of carbonyl (C=O) groups excluding carboxylic acids is 1. The van der Waals surface area contributed by atoms with E-state index >= 15 is 0 Å². The molecule has 1 fully saturated rings. The Labute approximate surface area is 149 Å².